The van der Waals surface area contributed by atoms with Crippen molar-refractivity contribution in [1.82, 2.24) is 9.80 Å². The zero-order valence-electron chi connectivity index (χ0n) is 19.1. The first-order chi connectivity index (χ1) is 15.7. The number of hydrogen-bond acceptors (Lipinski definition) is 4. The Hall–Kier alpha value is -3.24. The second-order valence-electron chi connectivity index (χ2n) is 9.74. The third-order valence-corrected chi connectivity index (χ3v) is 6.61. The molecule has 0 radical (unpaired) electrons. The molecule has 3 atom stereocenters. The van der Waals surface area contributed by atoms with E-state index in [2.05, 4.69) is 30.5 Å². The van der Waals surface area contributed by atoms with Crippen LogP contribution < -0.4 is 0 Å². The molecule has 0 bridgehead atoms. The summed E-state index contributed by atoms with van der Waals surface area (Å²) in [6.07, 6.45) is -0.134. The van der Waals surface area contributed by atoms with Crippen LogP contribution in [0.3, 0.4) is 0 Å². The number of nitrogens with zero attached hydrogens (tertiary/aromatic N) is 3. The molecule has 2 fully saturated rings. The lowest BCUT2D eigenvalue weighted by atomic mass is 9.87. The number of amides is 2. The van der Waals surface area contributed by atoms with E-state index in [-0.39, 0.29) is 23.7 Å². The molecule has 2 amide bonds. The number of carbonyl (C=O) groups excluding carboxylic acids is 2. The Kier molecular flexibility index (Phi) is 6.22. The molecular weight excluding hydrogens is 421 g/mol. The van der Waals surface area contributed by atoms with Crippen LogP contribution >= 0.6 is 0 Å². The summed E-state index contributed by atoms with van der Waals surface area (Å²) in [6, 6.07) is 13.7. The molecule has 0 N–H and O–H groups in total. The van der Waals surface area contributed by atoms with E-state index >= 15 is 0 Å². The van der Waals surface area contributed by atoms with Crippen LogP contribution in [0.25, 0.3) is 4.85 Å². The van der Waals surface area contributed by atoms with Gasteiger partial charge in [-0.1, -0.05) is 42.5 Å². The predicted octanol–water partition coefficient (Wildman–Crippen LogP) is 4.78. The molecule has 0 spiro atoms. The van der Waals surface area contributed by atoms with Gasteiger partial charge in [0.25, 0.3) is 0 Å². The molecule has 2 aliphatic heterocycles. The number of imide groups is 1. The van der Waals surface area contributed by atoms with Crippen molar-refractivity contribution in [1.29, 1.82) is 0 Å². The molecule has 7 heteroatoms. The summed E-state index contributed by atoms with van der Waals surface area (Å²) in [4.78, 5) is 33.1. The molecule has 172 valence electrons. The van der Waals surface area contributed by atoms with E-state index in [0.29, 0.717) is 25.1 Å². The SMILES string of the molecule is [C-]#[N+]c1ccc(C2CN(C(C)(C)C)CC2C(=O)N2C(=O)OC[C@@H]2Cc2ccccc2)c(F)c1. The van der Waals surface area contributed by atoms with Gasteiger partial charge in [-0.25, -0.2) is 18.9 Å². The Morgan fingerprint density at radius 1 is 1.18 bits per heavy atom. The van der Waals surface area contributed by atoms with E-state index in [1.54, 1.807) is 12.1 Å². The summed E-state index contributed by atoms with van der Waals surface area (Å²) >= 11 is 0. The average Bonchev–Trinajstić information content (AvgIpc) is 3.38. The van der Waals surface area contributed by atoms with Gasteiger partial charge in [0.2, 0.25) is 5.91 Å². The van der Waals surface area contributed by atoms with E-state index in [1.807, 2.05) is 30.3 Å². The molecule has 33 heavy (non-hydrogen) atoms. The Morgan fingerprint density at radius 2 is 1.91 bits per heavy atom. The molecule has 2 aliphatic rings. The van der Waals surface area contributed by atoms with Crippen molar-refractivity contribution in [3.05, 3.63) is 76.9 Å². The van der Waals surface area contributed by atoms with Crippen LogP contribution in [-0.2, 0) is 16.0 Å². The summed E-state index contributed by atoms with van der Waals surface area (Å²) < 4.78 is 20.3. The summed E-state index contributed by atoms with van der Waals surface area (Å²) in [6.45, 7) is 14.3. The maximum Gasteiger partial charge on any atom is 0.416 e. The molecular formula is C26H28FN3O3. The van der Waals surface area contributed by atoms with E-state index in [0.717, 1.165) is 5.56 Å². The maximum absolute atomic E-state index is 15.0. The smallest absolute Gasteiger partial charge is 0.416 e. The minimum Gasteiger partial charge on any atom is -0.447 e. The van der Waals surface area contributed by atoms with Gasteiger partial charge in [0, 0.05) is 24.5 Å². The van der Waals surface area contributed by atoms with Crippen molar-refractivity contribution in [2.45, 2.75) is 44.7 Å². The summed E-state index contributed by atoms with van der Waals surface area (Å²) in [5.74, 6) is -1.85. The highest BCUT2D eigenvalue weighted by molar-refractivity contribution is 5.95. The van der Waals surface area contributed by atoms with Gasteiger partial charge in [-0.15, -0.1) is 0 Å². The second-order valence-corrected chi connectivity index (χ2v) is 9.74. The van der Waals surface area contributed by atoms with Gasteiger partial charge in [0.1, 0.15) is 12.4 Å². The summed E-state index contributed by atoms with van der Waals surface area (Å²) in [7, 11) is 0. The number of cyclic esters (lactones) is 1. The van der Waals surface area contributed by atoms with Gasteiger partial charge >= 0.3 is 6.09 Å². The molecule has 2 aromatic rings. The van der Waals surface area contributed by atoms with Crippen molar-refractivity contribution >= 4 is 17.7 Å². The van der Waals surface area contributed by atoms with E-state index in [1.165, 1.54) is 11.0 Å². The monoisotopic (exact) mass is 449 g/mol. The van der Waals surface area contributed by atoms with E-state index < -0.39 is 29.8 Å². The number of likely N-dealkylation sites (tertiary alicyclic amines) is 1. The number of carbonyl (C=O) groups is 2. The second kappa shape index (κ2) is 8.95. The number of halogens is 1. The quantitative estimate of drug-likeness (QED) is 0.631. The van der Waals surface area contributed by atoms with Gasteiger partial charge < -0.3 is 4.74 Å². The Balaban J connectivity index is 1.65. The number of benzene rings is 2. The lowest BCUT2D eigenvalue weighted by Gasteiger charge is -2.32. The molecule has 0 saturated carbocycles. The fourth-order valence-electron chi connectivity index (χ4n) is 4.75. The predicted molar refractivity (Wildman–Crippen MR) is 122 cm³/mol. The number of ether oxygens (including phenoxy) is 1. The Labute approximate surface area is 193 Å². The van der Waals surface area contributed by atoms with Crippen LogP contribution in [0.4, 0.5) is 14.9 Å². The lowest BCUT2D eigenvalue weighted by Crippen LogP contribution is -2.46. The zero-order chi connectivity index (χ0) is 23.8. The molecule has 2 aromatic carbocycles. The highest BCUT2D eigenvalue weighted by Gasteiger charge is 2.48. The van der Waals surface area contributed by atoms with Gasteiger partial charge in [-0.05, 0) is 44.4 Å². The van der Waals surface area contributed by atoms with E-state index in [9.17, 15) is 14.0 Å². The minimum absolute atomic E-state index is 0.147. The topological polar surface area (TPSA) is 54.2 Å². The third kappa shape index (κ3) is 4.62. The van der Waals surface area contributed by atoms with Gasteiger partial charge in [0.05, 0.1) is 18.5 Å². The molecule has 0 aliphatic carbocycles. The van der Waals surface area contributed by atoms with Crippen LogP contribution in [0, 0.1) is 18.3 Å². The molecule has 0 aromatic heterocycles. The van der Waals surface area contributed by atoms with Crippen LogP contribution in [0.2, 0.25) is 0 Å². The van der Waals surface area contributed by atoms with Crippen LogP contribution in [0.15, 0.2) is 48.5 Å². The first-order valence-corrected chi connectivity index (χ1v) is 11.1. The number of rotatable bonds is 4. The molecule has 2 heterocycles. The van der Waals surface area contributed by atoms with Crippen LogP contribution in [-0.4, -0.2) is 53.1 Å². The summed E-state index contributed by atoms with van der Waals surface area (Å²) in [5.41, 5.74) is 1.41. The number of hydrogen-bond donors (Lipinski definition) is 0. The Bertz CT molecular complexity index is 1090. The van der Waals surface area contributed by atoms with Crippen LogP contribution in [0.1, 0.15) is 37.8 Å². The van der Waals surface area contributed by atoms with Crippen LogP contribution in [0.5, 0.6) is 0 Å². The Morgan fingerprint density at radius 3 is 2.55 bits per heavy atom. The highest BCUT2D eigenvalue weighted by atomic mass is 19.1. The highest BCUT2D eigenvalue weighted by Crippen LogP contribution is 2.40. The van der Waals surface area contributed by atoms with Gasteiger partial charge in [-0.3, -0.25) is 9.69 Å². The largest absolute Gasteiger partial charge is 0.447 e. The lowest BCUT2D eigenvalue weighted by molar-refractivity contribution is -0.133. The molecule has 2 saturated heterocycles. The van der Waals surface area contributed by atoms with Crippen molar-refractivity contribution in [2.75, 3.05) is 19.7 Å². The minimum atomic E-state index is -0.641. The fourth-order valence-corrected chi connectivity index (χ4v) is 4.75. The third-order valence-electron chi connectivity index (χ3n) is 6.61. The fraction of sp³-hybridized carbons (Fsp3) is 0.423. The first kappa shape index (κ1) is 22.9. The van der Waals surface area contributed by atoms with Gasteiger partial charge in [0.15, 0.2) is 5.69 Å². The molecule has 4 rings (SSSR count). The van der Waals surface area contributed by atoms with E-state index in [4.69, 9.17) is 11.3 Å². The summed E-state index contributed by atoms with van der Waals surface area (Å²) in [5, 5.41) is 0. The normalized spacial score (nSPS) is 23.4. The molecule has 2 unspecified atom stereocenters. The van der Waals surface area contributed by atoms with Crippen molar-refractivity contribution < 1.29 is 18.7 Å². The maximum atomic E-state index is 15.0. The van der Waals surface area contributed by atoms with Crippen molar-refractivity contribution in [3.63, 3.8) is 0 Å². The van der Waals surface area contributed by atoms with Crippen molar-refractivity contribution in [2.24, 2.45) is 5.92 Å². The standard InChI is InChI=1S/C26H28FN3O3/c1-26(2,3)29-14-21(20-11-10-18(28-4)13-23(20)27)22(15-29)24(31)30-19(16-33-25(30)32)12-17-8-6-5-7-9-17/h5-11,13,19,21-22H,12,14-16H2,1-3H3/t19-,21?,22?/m0/s1. The van der Waals surface area contributed by atoms with Crippen molar-refractivity contribution in [3.8, 4) is 0 Å². The molecule has 6 nitrogen and oxygen atoms in total. The van der Waals surface area contributed by atoms with Gasteiger partial charge in [-0.2, -0.15) is 0 Å². The zero-order valence-corrected chi connectivity index (χ0v) is 19.1. The first-order valence-electron chi connectivity index (χ1n) is 11.1. The average molecular weight is 450 g/mol.